The Kier molecular flexibility index (Phi) is 6.09. The van der Waals surface area contributed by atoms with Crippen LogP contribution in [0.5, 0.6) is 5.75 Å². The van der Waals surface area contributed by atoms with Crippen molar-refractivity contribution in [2.75, 3.05) is 18.4 Å². The molecule has 0 amide bonds. The summed E-state index contributed by atoms with van der Waals surface area (Å²) in [5, 5.41) is 6.99. The fraction of sp³-hybridized carbons (Fsp3) is 0.280. The minimum absolute atomic E-state index is 0.175. The van der Waals surface area contributed by atoms with Crippen molar-refractivity contribution in [3.05, 3.63) is 77.5 Å². The Labute approximate surface area is 197 Å². The van der Waals surface area contributed by atoms with Crippen molar-refractivity contribution in [3.8, 4) is 11.4 Å². The van der Waals surface area contributed by atoms with E-state index in [2.05, 4.69) is 27.2 Å². The number of anilines is 2. The number of nitrogens with one attached hydrogen (secondary N) is 2. The average molecular weight is 458 g/mol. The van der Waals surface area contributed by atoms with Crippen LogP contribution in [-0.2, 0) is 6.54 Å². The summed E-state index contributed by atoms with van der Waals surface area (Å²) in [5.41, 5.74) is 2.82. The molecular formula is C25H27N7O2. The lowest BCUT2D eigenvalue weighted by molar-refractivity contribution is 0.162. The highest BCUT2D eigenvalue weighted by atomic mass is 16.5. The molecule has 1 saturated heterocycles. The summed E-state index contributed by atoms with van der Waals surface area (Å²) >= 11 is 0. The zero-order chi connectivity index (χ0) is 23.5. The van der Waals surface area contributed by atoms with Gasteiger partial charge in [0.1, 0.15) is 17.2 Å². The second-order valence-corrected chi connectivity index (χ2v) is 8.29. The van der Waals surface area contributed by atoms with E-state index < -0.39 is 0 Å². The number of allylic oxidation sites excluding steroid dienone is 1. The summed E-state index contributed by atoms with van der Waals surface area (Å²) in [7, 11) is 0. The van der Waals surface area contributed by atoms with Gasteiger partial charge in [0.05, 0.1) is 12.2 Å². The number of aromatic nitrogens is 5. The van der Waals surface area contributed by atoms with E-state index in [1.807, 2.05) is 43.3 Å². The number of ether oxygens (including phenoxy) is 1. The lowest BCUT2D eigenvalue weighted by Gasteiger charge is -2.24. The molecule has 0 radical (unpaired) electrons. The van der Waals surface area contributed by atoms with Crippen LogP contribution in [0.3, 0.4) is 0 Å². The van der Waals surface area contributed by atoms with Gasteiger partial charge in [0.15, 0.2) is 5.65 Å². The van der Waals surface area contributed by atoms with Crippen LogP contribution in [-0.4, -0.2) is 43.5 Å². The Morgan fingerprint density at radius 1 is 1.24 bits per heavy atom. The Morgan fingerprint density at radius 2 is 2.09 bits per heavy atom. The number of fused-ring (bicyclic) bond motifs is 1. The third-order valence-electron chi connectivity index (χ3n) is 5.78. The minimum Gasteiger partial charge on any atom is -0.490 e. The van der Waals surface area contributed by atoms with Crippen LogP contribution in [0.25, 0.3) is 16.7 Å². The molecule has 1 fully saturated rings. The zero-order valence-electron chi connectivity index (χ0n) is 19.1. The number of pyridine rings is 1. The van der Waals surface area contributed by atoms with E-state index in [0.29, 0.717) is 23.5 Å². The number of aryl methyl sites for hydroxylation is 1. The Balaban J connectivity index is 1.57. The molecule has 0 spiro atoms. The predicted octanol–water partition coefficient (Wildman–Crippen LogP) is 3.35. The molecule has 34 heavy (non-hydrogen) atoms. The number of nitrogens with zero attached hydrogens (tertiary/aromatic N) is 5. The maximum atomic E-state index is 13.2. The molecule has 3 aromatic heterocycles. The van der Waals surface area contributed by atoms with E-state index in [-0.39, 0.29) is 11.7 Å². The van der Waals surface area contributed by atoms with Gasteiger partial charge in [-0.2, -0.15) is 4.98 Å². The Hall–Kier alpha value is -3.98. The molecule has 5 rings (SSSR count). The molecule has 9 heteroatoms. The summed E-state index contributed by atoms with van der Waals surface area (Å²) in [6, 6.07) is 11.5. The van der Waals surface area contributed by atoms with Crippen LogP contribution >= 0.6 is 0 Å². The first kappa shape index (κ1) is 21.8. The van der Waals surface area contributed by atoms with Gasteiger partial charge in [-0.1, -0.05) is 12.1 Å². The molecule has 2 N–H and O–H groups in total. The molecule has 174 valence electrons. The van der Waals surface area contributed by atoms with Gasteiger partial charge in [-0.15, -0.1) is 6.58 Å². The molecule has 9 nitrogen and oxygen atoms in total. The zero-order valence-corrected chi connectivity index (χ0v) is 19.1. The number of hydrogen-bond donors (Lipinski definition) is 2. The standard InChI is InChI=1S/C25H27N7O2/c1-3-13-31-24(33)22-16-28-25(29-18-7-12-27-17(2)14-18)30-23(22)32(31)19-5-4-6-21(15-19)34-20-8-10-26-11-9-20/h3-7,12,14-16,20,26H,1,8-11,13H2,2H3,(H,27,28,29,30). The molecule has 1 aliphatic rings. The number of hydrogen-bond acceptors (Lipinski definition) is 7. The molecule has 4 heterocycles. The maximum Gasteiger partial charge on any atom is 0.278 e. The summed E-state index contributed by atoms with van der Waals surface area (Å²) in [6.45, 7) is 7.98. The van der Waals surface area contributed by atoms with Crippen LogP contribution < -0.4 is 20.9 Å². The van der Waals surface area contributed by atoms with Gasteiger partial charge in [-0.05, 0) is 57.1 Å². The molecule has 0 saturated carbocycles. The largest absolute Gasteiger partial charge is 0.490 e. The van der Waals surface area contributed by atoms with Crippen LogP contribution in [0.1, 0.15) is 18.5 Å². The Bertz CT molecular complexity index is 1390. The van der Waals surface area contributed by atoms with Gasteiger partial charge in [-0.25, -0.2) is 14.3 Å². The van der Waals surface area contributed by atoms with Crippen LogP contribution in [0.15, 0.2) is 66.2 Å². The third kappa shape index (κ3) is 4.42. The van der Waals surface area contributed by atoms with Crippen LogP contribution in [0.4, 0.5) is 11.6 Å². The quantitative estimate of drug-likeness (QED) is 0.411. The Morgan fingerprint density at radius 3 is 2.88 bits per heavy atom. The van der Waals surface area contributed by atoms with Crippen molar-refractivity contribution in [2.45, 2.75) is 32.4 Å². The lowest BCUT2D eigenvalue weighted by Crippen LogP contribution is -2.34. The second kappa shape index (κ2) is 9.48. The molecule has 1 aromatic carbocycles. The normalized spacial score (nSPS) is 14.3. The topological polar surface area (TPSA) is 98.9 Å². The van der Waals surface area contributed by atoms with E-state index >= 15 is 0 Å². The van der Waals surface area contributed by atoms with Crippen LogP contribution in [0.2, 0.25) is 0 Å². The first-order valence-electron chi connectivity index (χ1n) is 11.4. The van der Waals surface area contributed by atoms with Gasteiger partial charge in [0, 0.05) is 29.8 Å². The summed E-state index contributed by atoms with van der Waals surface area (Å²) in [6.07, 6.45) is 7.09. The molecular weight excluding hydrogens is 430 g/mol. The molecule has 0 bridgehead atoms. The van der Waals surface area contributed by atoms with Crippen molar-refractivity contribution in [1.82, 2.24) is 29.6 Å². The van der Waals surface area contributed by atoms with Crippen molar-refractivity contribution < 1.29 is 4.74 Å². The van der Waals surface area contributed by atoms with E-state index in [9.17, 15) is 4.79 Å². The summed E-state index contributed by atoms with van der Waals surface area (Å²) in [4.78, 5) is 26.5. The monoisotopic (exact) mass is 457 g/mol. The molecule has 4 aromatic rings. The molecule has 0 atom stereocenters. The van der Waals surface area contributed by atoms with E-state index in [4.69, 9.17) is 9.72 Å². The predicted molar refractivity (Wildman–Crippen MR) is 132 cm³/mol. The van der Waals surface area contributed by atoms with Gasteiger partial charge in [0.2, 0.25) is 5.95 Å². The number of piperidine rings is 1. The van der Waals surface area contributed by atoms with Gasteiger partial charge >= 0.3 is 0 Å². The van der Waals surface area contributed by atoms with E-state index in [1.165, 1.54) is 0 Å². The minimum atomic E-state index is -0.175. The third-order valence-corrected chi connectivity index (χ3v) is 5.78. The highest BCUT2D eigenvalue weighted by Gasteiger charge is 2.19. The van der Waals surface area contributed by atoms with Gasteiger partial charge < -0.3 is 15.4 Å². The second-order valence-electron chi connectivity index (χ2n) is 8.29. The molecule has 0 unspecified atom stereocenters. The van der Waals surface area contributed by atoms with Crippen molar-refractivity contribution in [3.63, 3.8) is 0 Å². The fourth-order valence-corrected chi connectivity index (χ4v) is 4.18. The smallest absolute Gasteiger partial charge is 0.278 e. The van der Waals surface area contributed by atoms with Gasteiger partial charge in [-0.3, -0.25) is 9.78 Å². The first-order chi connectivity index (χ1) is 16.6. The number of benzene rings is 1. The first-order valence-corrected chi connectivity index (χ1v) is 11.4. The van der Waals surface area contributed by atoms with Crippen molar-refractivity contribution >= 4 is 22.7 Å². The highest BCUT2D eigenvalue weighted by Crippen LogP contribution is 2.24. The van der Waals surface area contributed by atoms with Crippen LogP contribution in [0, 0.1) is 6.92 Å². The SMILES string of the molecule is C=CCn1c(=O)c2cnc(Nc3ccnc(C)c3)nc2n1-c1cccc(OC2CCNCC2)c1. The molecule has 0 aliphatic carbocycles. The van der Waals surface area contributed by atoms with Crippen molar-refractivity contribution in [1.29, 1.82) is 0 Å². The highest BCUT2D eigenvalue weighted by molar-refractivity contribution is 5.77. The number of rotatable bonds is 7. The fourth-order valence-electron chi connectivity index (χ4n) is 4.18. The lowest BCUT2D eigenvalue weighted by atomic mass is 10.1. The molecule has 1 aliphatic heterocycles. The van der Waals surface area contributed by atoms with E-state index in [1.54, 1.807) is 27.8 Å². The summed E-state index contributed by atoms with van der Waals surface area (Å²) in [5.74, 6) is 1.16. The maximum absolute atomic E-state index is 13.2. The summed E-state index contributed by atoms with van der Waals surface area (Å²) < 4.78 is 9.65. The van der Waals surface area contributed by atoms with Crippen molar-refractivity contribution in [2.24, 2.45) is 0 Å². The van der Waals surface area contributed by atoms with E-state index in [0.717, 1.165) is 48.7 Å². The van der Waals surface area contributed by atoms with Gasteiger partial charge in [0.25, 0.3) is 5.56 Å². The average Bonchev–Trinajstić information content (AvgIpc) is 3.11.